The molecule has 3 heteroatoms. The summed E-state index contributed by atoms with van der Waals surface area (Å²) in [7, 11) is 1.81. The number of methoxy groups -OCH3 is 1. The summed E-state index contributed by atoms with van der Waals surface area (Å²) in [6, 6.07) is 6.63. The molecule has 2 N–H and O–H groups in total. The molecule has 0 amide bonds. The lowest BCUT2D eigenvalue weighted by atomic mass is 9.94. The summed E-state index contributed by atoms with van der Waals surface area (Å²) in [6.45, 7) is 9.58. The van der Waals surface area contributed by atoms with E-state index in [0.717, 1.165) is 19.6 Å². The first-order valence-corrected chi connectivity index (χ1v) is 7.59. The third kappa shape index (κ3) is 3.60. The van der Waals surface area contributed by atoms with E-state index in [0.29, 0.717) is 12.0 Å². The number of rotatable bonds is 4. The molecule has 0 aliphatic carbocycles. The standard InChI is InChI=1S/C17H28N2O/c1-12-5-6-15(14(3)9-12)16(18)10-19-8-7-13(2)17(11-19)20-4/h5-6,9,13,16-17H,7-8,10-11,18H2,1-4H3. The summed E-state index contributed by atoms with van der Waals surface area (Å²) < 4.78 is 5.58. The lowest BCUT2D eigenvalue weighted by Gasteiger charge is -2.37. The highest BCUT2D eigenvalue weighted by Crippen LogP contribution is 2.23. The van der Waals surface area contributed by atoms with Crippen LogP contribution >= 0.6 is 0 Å². The van der Waals surface area contributed by atoms with Crippen molar-refractivity contribution in [3.63, 3.8) is 0 Å². The average Bonchev–Trinajstić information content (AvgIpc) is 2.40. The second-order valence-electron chi connectivity index (χ2n) is 6.27. The van der Waals surface area contributed by atoms with E-state index in [-0.39, 0.29) is 6.04 Å². The van der Waals surface area contributed by atoms with Crippen molar-refractivity contribution in [3.8, 4) is 0 Å². The van der Waals surface area contributed by atoms with Crippen LogP contribution in [0.15, 0.2) is 18.2 Å². The smallest absolute Gasteiger partial charge is 0.0724 e. The highest BCUT2D eigenvalue weighted by atomic mass is 16.5. The van der Waals surface area contributed by atoms with Crippen molar-refractivity contribution in [1.82, 2.24) is 4.90 Å². The van der Waals surface area contributed by atoms with Gasteiger partial charge in [-0.05, 0) is 43.9 Å². The van der Waals surface area contributed by atoms with E-state index < -0.39 is 0 Å². The Morgan fingerprint density at radius 3 is 2.80 bits per heavy atom. The van der Waals surface area contributed by atoms with Gasteiger partial charge in [-0.3, -0.25) is 4.90 Å². The fourth-order valence-corrected chi connectivity index (χ4v) is 3.19. The van der Waals surface area contributed by atoms with Gasteiger partial charge in [0.05, 0.1) is 6.10 Å². The van der Waals surface area contributed by atoms with Crippen LogP contribution in [0, 0.1) is 19.8 Å². The van der Waals surface area contributed by atoms with E-state index >= 15 is 0 Å². The Balaban J connectivity index is 1.99. The van der Waals surface area contributed by atoms with Gasteiger partial charge in [0.25, 0.3) is 0 Å². The van der Waals surface area contributed by atoms with E-state index in [1.165, 1.54) is 23.1 Å². The van der Waals surface area contributed by atoms with Crippen LogP contribution in [0.25, 0.3) is 0 Å². The molecule has 0 radical (unpaired) electrons. The number of hydrogen-bond acceptors (Lipinski definition) is 3. The van der Waals surface area contributed by atoms with Crippen molar-refractivity contribution in [2.24, 2.45) is 11.7 Å². The number of hydrogen-bond donors (Lipinski definition) is 1. The number of piperidine rings is 1. The quantitative estimate of drug-likeness (QED) is 0.919. The summed E-state index contributed by atoms with van der Waals surface area (Å²) in [5.74, 6) is 0.647. The Kier molecular flexibility index (Phi) is 5.19. The molecule has 3 unspecified atom stereocenters. The molecule has 1 aliphatic heterocycles. The molecule has 1 saturated heterocycles. The highest BCUT2D eigenvalue weighted by Gasteiger charge is 2.27. The van der Waals surface area contributed by atoms with Crippen LogP contribution in [0.3, 0.4) is 0 Å². The Morgan fingerprint density at radius 2 is 2.15 bits per heavy atom. The summed E-state index contributed by atoms with van der Waals surface area (Å²) in [6.07, 6.45) is 1.54. The van der Waals surface area contributed by atoms with Crippen LogP contribution in [0.2, 0.25) is 0 Å². The van der Waals surface area contributed by atoms with Crippen molar-refractivity contribution in [1.29, 1.82) is 0 Å². The minimum atomic E-state index is 0.0847. The topological polar surface area (TPSA) is 38.5 Å². The van der Waals surface area contributed by atoms with E-state index in [9.17, 15) is 0 Å². The molecule has 1 aromatic carbocycles. The van der Waals surface area contributed by atoms with Gasteiger partial charge in [0.15, 0.2) is 0 Å². The molecule has 1 fully saturated rings. The monoisotopic (exact) mass is 276 g/mol. The first kappa shape index (κ1) is 15.5. The minimum Gasteiger partial charge on any atom is -0.380 e. The van der Waals surface area contributed by atoms with E-state index in [1.807, 2.05) is 7.11 Å². The number of likely N-dealkylation sites (tertiary alicyclic amines) is 1. The van der Waals surface area contributed by atoms with Gasteiger partial charge in [-0.25, -0.2) is 0 Å². The molecule has 3 nitrogen and oxygen atoms in total. The number of aryl methyl sites for hydroxylation is 2. The zero-order valence-corrected chi connectivity index (χ0v) is 13.2. The molecular formula is C17H28N2O. The number of nitrogens with zero attached hydrogens (tertiary/aromatic N) is 1. The zero-order valence-electron chi connectivity index (χ0n) is 13.2. The Labute approximate surface area is 123 Å². The van der Waals surface area contributed by atoms with Crippen LogP contribution in [0.1, 0.15) is 36.1 Å². The summed E-state index contributed by atoms with van der Waals surface area (Å²) in [5, 5.41) is 0. The Bertz CT molecular complexity index is 447. The zero-order chi connectivity index (χ0) is 14.7. The molecule has 1 heterocycles. The summed E-state index contributed by atoms with van der Waals surface area (Å²) >= 11 is 0. The fraction of sp³-hybridized carbons (Fsp3) is 0.647. The molecule has 0 bridgehead atoms. The fourth-order valence-electron chi connectivity index (χ4n) is 3.19. The molecule has 3 atom stereocenters. The molecule has 1 aliphatic rings. The maximum Gasteiger partial charge on any atom is 0.0724 e. The van der Waals surface area contributed by atoms with Gasteiger partial charge in [-0.1, -0.05) is 30.7 Å². The molecule has 0 aromatic heterocycles. The second-order valence-corrected chi connectivity index (χ2v) is 6.27. The molecular weight excluding hydrogens is 248 g/mol. The van der Waals surface area contributed by atoms with Crippen molar-refractivity contribution < 1.29 is 4.74 Å². The molecule has 2 rings (SSSR count). The van der Waals surface area contributed by atoms with Gasteiger partial charge in [0, 0.05) is 26.2 Å². The van der Waals surface area contributed by atoms with Crippen molar-refractivity contribution in [2.45, 2.75) is 39.3 Å². The Hall–Kier alpha value is -0.900. The third-order valence-corrected chi connectivity index (χ3v) is 4.56. The molecule has 0 saturated carbocycles. The summed E-state index contributed by atoms with van der Waals surface area (Å²) in [4.78, 5) is 2.44. The number of benzene rings is 1. The van der Waals surface area contributed by atoms with Crippen LogP contribution in [0.4, 0.5) is 0 Å². The number of ether oxygens (including phenoxy) is 1. The van der Waals surface area contributed by atoms with Gasteiger partial charge < -0.3 is 10.5 Å². The number of nitrogens with two attached hydrogens (primary N) is 1. The van der Waals surface area contributed by atoms with Crippen molar-refractivity contribution in [2.75, 3.05) is 26.7 Å². The van der Waals surface area contributed by atoms with Gasteiger partial charge in [-0.15, -0.1) is 0 Å². The normalized spacial score (nSPS) is 25.6. The third-order valence-electron chi connectivity index (χ3n) is 4.56. The van der Waals surface area contributed by atoms with Crippen molar-refractivity contribution in [3.05, 3.63) is 34.9 Å². The van der Waals surface area contributed by atoms with E-state index in [1.54, 1.807) is 0 Å². The predicted octanol–water partition coefficient (Wildman–Crippen LogP) is 2.66. The average molecular weight is 276 g/mol. The maximum absolute atomic E-state index is 6.42. The molecule has 20 heavy (non-hydrogen) atoms. The maximum atomic E-state index is 6.42. The van der Waals surface area contributed by atoms with Crippen LogP contribution in [-0.4, -0.2) is 37.7 Å². The second kappa shape index (κ2) is 6.70. The lowest BCUT2D eigenvalue weighted by Crippen LogP contribution is -2.46. The SMILES string of the molecule is COC1CN(CC(N)c2ccc(C)cc2C)CCC1C. The van der Waals surface area contributed by atoms with E-state index in [2.05, 4.69) is 43.9 Å². The molecule has 1 aromatic rings. The first-order chi connectivity index (χ1) is 9.51. The molecule has 0 spiro atoms. The van der Waals surface area contributed by atoms with Gasteiger partial charge in [0.1, 0.15) is 0 Å². The van der Waals surface area contributed by atoms with Gasteiger partial charge in [0.2, 0.25) is 0 Å². The first-order valence-electron chi connectivity index (χ1n) is 7.59. The van der Waals surface area contributed by atoms with Crippen molar-refractivity contribution >= 4 is 0 Å². The van der Waals surface area contributed by atoms with Gasteiger partial charge in [-0.2, -0.15) is 0 Å². The highest BCUT2D eigenvalue weighted by molar-refractivity contribution is 5.32. The van der Waals surface area contributed by atoms with E-state index in [4.69, 9.17) is 10.5 Å². The predicted molar refractivity (Wildman–Crippen MR) is 83.9 cm³/mol. The minimum absolute atomic E-state index is 0.0847. The lowest BCUT2D eigenvalue weighted by molar-refractivity contribution is -0.00645. The van der Waals surface area contributed by atoms with Crippen LogP contribution in [0.5, 0.6) is 0 Å². The largest absolute Gasteiger partial charge is 0.380 e. The molecule has 112 valence electrons. The van der Waals surface area contributed by atoms with Crippen LogP contribution < -0.4 is 5.73 Å². The Morgan fingerprint density at radius 1 is 1.40 bits per heavy atom. The van der Waals surface area contributed by atoms with Gasteiger partial charge >= 0.3 is 0 Å². The summed E-state index contributed by atoms with van der Waals surface area (Å²) in [5.41, 5.74) is 10.3. The van der Waals surface area contributed by atoms with Crippen LogP contribution in [-0.2, 0) is 4.74 Å².